The van der Waals surface area contributed by atoms with Gasteiger partial charge in [-0.25, -0.2) is 0 Å². The molecule has 0 saturated carbocycles. The molecule has 0 atom stereocenters. The fourth-order valence-electron chi connectivity index (χ4n) is 3.09. The molecule has 0 aromatic heterocycles. The maximum Gasteiger partial charge on any atom is 0.120 e. The lowest BCUT2D eigenvalue weighted by atomic mass is 9.53. The number of ether oxygens (including phenoxy) is 1. The smallest absolute Gasteiger partial charge is 0.120 e. The Morgan fingerprint density at radius 3 is 1.41 bits per heavy atom. The molecule has 0 amide bonds. The number of hydrogen-bond donors (Lipinski definition) is 0. The average molecular weight is 305 g/mol. The molecule has 0 radical (unpaired) electrons. The molecule has 0 fully saturated rings. The first-order valence-electron chi connectivity index (χ1n) is 8.44. The Balaban J connectivity index is 3.02. The van der Waals surface area contributed by atoms with Crippen LogP contribution in [-0.4, -0.2) is 5.60 Å². The van der Waals surface area contributed by atoms with Gasteiger partial charge in [0, 0.05) is 0 Å². The van der Waals surface area contributed by atoms with Crippen LogP contribution in [0, 0.1) is 16.2 Å². The van der Waals surface area contributed by atoms with Crippen molar-refractivity contribution in [3.63, 3.8) is 0 Å². The van der Waals surface area contributed by atoms with Gasteiger partial charge in [-0.1, -0.05) is 60.6 Å². The molecule has 1 aromatic carbocycles. The van der Waals surface area contributed by atoms with Gasteiger partial charge in [-0.2, -0.15) is 0 Å². The summed E-state index contributed by atoms with van der Waals surface area (Å²) in [5.41, 5.74) is 1.94. The van der Waals surface area contributed by atoms with Crippen LogP contribution in [0.15, 0.2) is 24.3 Å². The summed E-state index contributed by atoms with van der Waals surface area (Å²) in [5.74, 6) is 0.949. The molecule has 0 bridgehead atoms. The van der Waals surface area contributed by atoms with E-state index in [4.69, 9.17) is 4.74 Å². The topological polar surface area (TPSA) is 9.23 Å². The van der Waals surface area contributed by atoms with Crippen molar-refractivity contribution in [2.45, 2.75) is 81.3 Å². The summed E-state index contributed by atoms with van der Waals surface area (Å²) in [4.78, 5) is 0. The Morgan fingerprint density at radius 2 is 1.09 bits per heavy atom. The molecule has 1 nitrogen and oxygen atoms in total. The van der Waals surface area contributed by atoms with Gasteiger partial charge in [0.15, 0.2) is 0 Å². The van der Waals surface area contributed by atoms with E-state index in [2.05, 4.69) is 93.5 Å². The quantitative estimate of drug-likeness (QED) is 0.619. The zero-order valence-electron chi connectivity index (χ0n) is 16.4. The second-order valence-corrected chi connectivity index (χ2v) is 9.87. The predicted octanol–water partition coefficient (Wildman–Crippen LogP) is 6.50. The van der Waals surface area contributed by atoms with Gasteiger partial charge in [-0.3, -0.25) is 0 Å². The zero-order valence-corrected chi connectivity index (χ0v) is 16.4. The molecule has 0 aliphatic carbocycles. The minimum Gasteiger partial charge on any atom is -0.488 e. The van der Waals surface area contributed by atoms with Crippen LogP contribution < -0.4 is 4.74 Å². The van der Waals surface area contributed by atoms with E-state index in [0.29, 0.717) is 0 Å². The van der Waals surface area contributed by atoms with Crippen molar-refractivity contribution in [1.82, 2.24) is 0 Å². The molecule has 1 aromatic rings. The highest BCUT2D eigenvalue weighted by Crippen LogP contribution is 2.53. The van der Waals surface area contributed by atoms with Crippen LogP contribution in [0.4, 0.5) is 0 Å². The normalized spacial score (nSPS) is 14.1. The number of hydrogen-bond acceptors (Lipinski definition) is 1. The molecule has 22 heavy (non-hydrogen) atoms. The molecule has 0 N–H and O–H groups in total. The molecule has 0 aliphatic rings. The first kappa shape index (κ1) is 19.1. The fraction of sp³-hybridized carbons (Fsp3) is 0.714. The average Bonchev–Trinajstić information content (AvgIpc) is 2.26. The molecular weight excluding hydrogens is 268 g/mol. The van der Waals surface area contributed by atoms with Crippen molar-refractivity contribution < 1.29 is 4.74 Å². The summed E-state index contributed by atoms with van der Waals surface area (Å²) in [6.45, 7) is 22.8. The van der Waals surface area contributed by atoms with Gasteiger partial charge in [0.25, 0.3) is 0 Å². The maximum absolute atomic E-state index is 5.92. The molecule has 0 heterocycles. The maximum atomic E-state index is 5.92. The second-order valence-electron chi connectivity index (χ2n) is 9.87. The van der Waals surface area contributed by atoms with Crippen molar-refractivity contribution in [3.05, 3.63) is 29.8 Å². The zero-order chi connectivity index (χ0) is 17.4. The van der Waals surface area contributed by atoms with E-state index in [-0.39, 0.29) is 21.8 Å². The molecular formula is C21H36O. The van der Waals surface area contributed by atoms with Crippen molar-refractivity contribution in [3.8, 4) is 5.75 Å². The van der Waals surface area contributed by atoms with Gasteiger partial charge >= 0.3 is 0 Å². The van der Waals surface area contributed by atoms with E-state index >= 15 is 0 Å². The standard InChI is InChI=1S/C21H36O/c1-18(2,3)21(10,19(4,5)6)15-16-11-13-17(14-12-16)22-20(7,8)9/h11-14H,15H2,1-10H3. The first-order chi connectivity index (χ1) is 9.66. The Hall–Kier alpha value is -0.980. The van der Waals surface area contributed by atoms with E-state index < -0.39 is 0 Å². The van der Waals surface area contributed by atoms with Gasteiger partial charge in [-0.05, 0) is 61.1 Å². The Morgan fingerprint density at radius 1 is 0.682 bits per heavy atom. The molecule has 0 unspecified atom stereocenters. The fourth-order valence-corrected chi connectivity index (χ4v) is 3.09. The van der Waals surface area contributed by atoms with Crippen LogP contribution in [0.5, 0.6) is 5.75 Å². The molecule has 0 aliphatic heterocycles. The summed E-state index contributed by atoms with van der Waals surface area (Å²) in [6, 6.07) is 8.65. The van der Waals surface area contributed by atoms with Gasteiger partial charge in [0.05, 0.1) is 0 Å². The number of rotatable bonds is 3. The lowest BCUT2D eigenvalue weighted by Gasteiger charge is -2.52. The highest BCUT2D eigenvalue weighted by atomic mass is 16.5. The summed E-state index contributed by atoms with van der Waals surface area (Å²) < 4.78 is 5.92. The molecule has 126 valence electrons. The van der Waals surface area contributed by atoms with Gasteiger partial charge in [0.2, 0.25) is 0 Å². The first-order valence-corrected chi connectivity index (χ1v) is 8.44. The Kier molecular flexibility index (Phi) is 5.12. The van der Waals surface area contributed by atoms with Crippen LogP contribution in [-0.2, 0) is 6.42 Å². The van der Waals surface area contributed by atoms with Crippen molar-refractivity contribution in [2.75, 3.05) is 0 Å². The van der Waals surface area contributed by atoms with Crippen LogP contribution in [0.3, 0.4) is 0 Å². The van der Waals surface area contributed by atoms with Crippen LogP contribution in [0.2, 0.25) is 0 Å². The van der Waals surface area contributed by atoms with Crippen molar-refractivity contribution in [1.29, 1.82) is 0 Å². The van der Waals surface area contributed by atoms with E-state index in [1.807, 2.05) is 0 Å². The van der Waals surface area contributed by atoms with Crippen LogP contribution in [0.25, 0.3) is 0 Å². The SMILES string of the molecule is CC(C)(C)Oc1ccc(CC(C)(C(C)(C)C)C(C)(C)C)cc1. The van der Waals surface area contributed by atoms with Gasteiger partial charge in [-0.15, -0.1) is 0 Å². The summed E-state index contributed by atoms with van der Waals surface area (Å²) >= 11 is 0. The monoisotopic (exact) mass is 304 g/mol. The summed E-state index contributed by atoms with van der Waals surface area (Å²) in [6.07, 6.45) is 1.08. The lowest BCUT2D eigenvalue weighted by Crippen LogP contribution is -2.45. The summed E-state index contributed by atoms with van der Waals surface area (Å²) in [5, 5.41) is 0. The molecule has 0 saturated heterocycles. The minimum absolute atomic E-state index is 0.146. The van der Waals surface area contributed by atoms with Crippen molar-refractivity contribution in [2.24, 2.45) is 16.2 Å². The van der Waals surface area contributed by atoms with E-state index in [9.17, 15) is 0 Å². The third-order valence-corrected chi connectivity index (χ3v) is 5.22. The Bertz CT molecular complexity index is 461. The minimum atomic E-state index is -0.146. The third kappa shape index (κ3) is 4.51. The Labute approximate surface area is 138 Å². The van der Waals surface area contributed by atoms with E-state index in [1.54, 1.807) is 0 Å². The van der Waals surface area contributed by atoms with E-state index in [0.717, 1.165) is 12.2 Å². The second kappa shape index (κ2) is 5.91. The molecule has 0 spiro atoms. The lowest BCUT2D eigenvalue weighted by molar-refractivity contribution is -0.0133. The summed E-state index contributed by atoms with van der Waals surface area (Å²) in [7, 11) is 0. The van der Waals surface area contributed by atoms with Crippen molar-refractivity contribution >= 4 is 0 Å². The highest BCUT2D eigenvalue weighted by molar-refractivity contribution is 5.29. The molecule has 1 heteroatoms. The molecule has 1 rings (SSSR count). The largest absolute Gasteiger partial charge is 0.488 e. The van der Waals surface area contributed by atoms with Crippen LogP contribution >= 0.6 is 0 Å². The van der Waals surface area contributed by atoms with Crippen LogP contribution in [0.1, 0.15) is 74.8 Å². The van der Waals surface area contributed by atoms with Gasteiger partial charge < -0.3 is 4.74 Å². The van der Waals surface area contributed by atoms with Gasteiger partial charge in [0.1, 0.15) is 11.4 Å². The highest BCUT2D eigenvalue weighted by Gasteiger charge is 2.46. The van der Waals surface area contributed by atoms with E-state index in [1.165, 1.54) is 5.56 Å². The third-order valence-electron chi connectivity index (χ3n) is 5.22. The predicted molar refractivity (Wildman–Crippen MR) is 97.5 cm³/mol. The number of benzene rings is 1.